The van der Waals surface area contributed by atoms with Gasteiger partial charge < -0.3 is 14.8 Å². The van der Waals surface area contributed by atoms with Crippen molar-refractivity contribution in [3.63, 3.8) is 0 Å². The molecule has 1 fully saturated rings. The average molecular weight is 270 g/mol. The van der Waals surface area contributed by atoms with Gasteiger partial charge in [-0.2, -0.15) is 0 Å². The third-order valence-electron chi connectivity index (χ3n) is 4.02. The monoisotopic (exact) mass is 270 g/mol. The van der Waals surface area contributed by atoms with E-state index in [4.69, 9.17) is 0 Å². The Morgan fingerprint density at radius 2 is 2.05 bits per heavy atom. The summed E-state index contributed by atoms with van der Waals surface area (Å²) in [6.45, 7) is 0.880. The molecule has 2 atom stereocenters. The molecule has 3 rings (SSSR count). The quantitative estimate of drug-likeness (QED) is 0.903. The lowest BCUT2D eigenvalue weighted by molar-refractivity contribution is 0.639. The van der Waals surface area contributed by atoms with E-state index in [1.54, 1.807) is 0 Å². The van der Waals surface area contributed by atoms with Gasteiger partial charge >= 0.3 is 0 Å². The Morgan fingerprint density at radius 3 is 2.70 bits per heavy atom. The summed E-state index contributed by atoms with van der Waals surface area (Å²) in [5.74, 6) is 1.68. The van der Waals surface area contributed by atoms with Crippen molar-refractivity contribution in [3.05, 3.63) is 47.8 Å². The van der Waals surface area contributed by atoms with E-state index in [-0.39, 0.29) is 0 Å². The molecule has 1 aliphatic carbocycles. The molecule has 2 unspecified atom stereocenters. The van der Waals surface area contributed by atoms with Crippen LogP contribution in [0.5, 0.6) is 0 Å². The highest BCUT2D eigenvalue weighted by atomic mass is 15.3. The molecular weight excluding hydrogens is 248 g/mol. The molecule has 1 heterocycles. The second kappa shape index (κ2) is 5.29. The highest BCUT2D eigenvalue weighted by Crippen LogP contribution is 2.40. The maximum absolute atomic E-state index is 4.44. The first-order chi connectivity index (χ1) is 9.66. The molecule has 1 N–H and O–H groups in total. The van der Waals surface area contributed by atoms with Crippen molar-refractivity contribution >= 4 is 5.95 Å². The number of hydrogen-bond donors (Lipinski definition) is 1. The van der Waals surface area contributed by atoms with Crippen molar-refractivity contribution in [3.8, 4) is 0 Å². The van der Waals surface area contributed by atoms with E-state index in [2.05, 4.69) is 52.2 Å². The fourth-order valence-electron chi connectivity index (χ4n) is 2.74. The van der Waals surface area contributed by atoms with E-state index in [9.17, 15) is 0 Å². The van der Waals surface area contributed by atoms with E-state index in [0.717, 1.165) is 12.5 Å². The molecule has 1 aromatic heterocycles. The normalized spacial score (nSPS) is 20.9. The summed E-state index contributed by atoms with van der Waals surface area (Å²) in [5.41, 5.74) is 2.68. The highest BCUT2D eigenvalue weighted by molar-refractivity contribution is 5.31. The van der Waals surface area contributed by atoms with Crippen molar-refractivity contribution in [2.45, 2.75) is 24.9 Å². The molecule has 0 radical (unpaired) electrons. The number of benzene rings is 1. The van der Waals surface area contributed by atoms with E-state index >= 15 is 0 Å². The molecule has 0 amide bonds. The first-order valence-electron chi connectivity index (χ1n) is 7.13. The summed E-state index contributed by atoms with van der Waals surface area (Å²) in [6.07, 6.45) is 3.20. The van der Waals surface area contributed by atoms with Crippen LogP contribution in [0.4, 0.5) is 5.95 Å². The standard InChI is InChI=1S/C16H22N4/c1-19(2)16-18-11-13(20(16)3)10-17-15-9-14(15)12-7-5-4-6-8-12/h4-8,11,14-15,17H,9-10H2,1-3H3. The minimum atomic E-state index is 0.607. The lowest BCUT2D eigenvalue weighted by Crippen LogP contribution is -2.20. The zero-order valence-electron chi connectivity index (χ0n) is 12.4. The first kappa shape index (κ1) is 13.2. The van der Waals surface area contributed by atoms with Gasteiger partial charge in [-0.05, 0) is 12.0 Å². The second-order valence-corrected chi connectivity index (χ2v) is 5.74. The first-order valence-corrected chi connectivity index (χ1v) is 7.13. The third-order valence-corrected chi connectivity index (χ3v) is 4.02. The van der Waals surface area contributed by atoms with E-state index < -0.39 is 0 Å². The number of aromatic nitrogens is 2. The molecule has 0 aliphatic heterocycles. The minimum Gasteiger partial charge on any atom is -0.348 e. The molecule has 20 heavy (non-hydrogen) atoms. The summed E-state index contributed by atoms with van der Waals surface area (Å²) in [4.78, 5) is 6.47. The molecule has 0 saturated heterocycles. The van der Waals surface area contributed by atoms with Crippen LogP contribution in [-0.2, 0) is 13.6 Å². The number of nitrogens with one attached hydrogen (secondary N) is 1. The third kappa shape index (κ3) is 2.56. The number of hydrogen-bond acceptors (Lipinski definition) is 3. The largest absolute Gasteiger partial charge is 0.348 e. The number of rotatable bonds is 5. The zero-order chi connectivity index (χ0) is 14.1. The molecule has 4 heteroatoms. The van der Waals surface area contributed by atoms with Gasteiger partial charge in [0.2, 0.25) is 5.95 Å². The van der Waals surface area contributed by atoms with Crippen molar-refractivity contribution < 1.29 is 0 Å². The Kier molecular flexibility index (Phi) is 3.49. The predicted octanol–water partition coefficient (Wildman–Crippen LogP) is 2.13. The van der Waals surface area contributed by atoms with Gasteiger partial charge in [0.25, 0.3) is 0 Å². The Morgan fingerprint density at radius 1 is 1.30 bits per heavy atom. The Labute approximate surface area is 120 Å². The van der Waals surface area contributed by atoms with Crippen LogP contribution in [0.1, 0.15) is 23.6 Å². The van der Waals surface area contributed by atoms with Crippen LogP contribution >= 0.6 is 0 Å². The maximum atomic E-state index is 4.44. The van der Waals surface area contributed by atoms with Gasteiger partial charge in [0.1, 0.15) is 0 Å². The van der Waals surface area contributed by atoms with Crippen LogP contribution in [0.15, 0.2) is 36.5 Å². The van der Waals surface area contributed by atoms with Gasteiger partial charge in [-0.15, -0.1) is 0 Å². The summed E-state index contributed by atoms with van der Waals surface area (Å²) in [7, 11) is 6.11. The van der Waals surface area contributed by atoms with Gasteiger partial charge in [0.15, 0.2) is 0 Å². The highest BCUT2D eigenvalue weighted by Gasteiger charge is 2.37. The van der Waals surface area contributed by atoms with Crippen molar-refractivity contribution in [1.82, 2.24) is 14.9 Å². The van der Waals surface area contributed by atoms with E-state index in [0.29, 0.717) is 12.0 Å². The number of nitrogens with zero attached hydrogens (tertiary/aromatic N) is 3. The molecule has 106 valence electrons. The molecular formula is C16H22N4. The second-order valence-electron chi connectivity index (χ2n) is 5.74. The maximum Gasteiger partial charge on any atom is 0.204 e. The molecule has 1 aromatic carbocycles. The average Bonchev–Trinajstić information content (AvgIpc) is 3.13. The fraction of sp³-hybridized carbons (Fsp3) is 0.438. The molecule has 2 aromatic rings. The molecule has 0 bridgehead atoms. The fourth-order valence-corrected chi connectivity index (χ4v) is 2.74. The molecule has 1 aliphatic rings. The van der Waals surface area contributed by atoms with Crippen LogP contribution in [-0.4, -0.2) is 29.7 Å². The molecule has 1 saturated carbocycles. The van der Waals surface area contributed by atoms with E-state index in [1.807, 2.05) is 25.2 Å². The Bertz CT molecular complexity index is 573. The Balaban J connectivity index is 1.57. The van der Waals surface area contributed by atoms with Gasteiger partial charge in [-0.1, -0.05) is 30.3 Å². The molecule has 0 spiro atoms. The minimum absolute atomic E-state index is 0.607. The van der Waals surface area contributed by atoms with Crippen molar-refractivity contribution in [1.29, 1.82) is 0 Å². The van der Waals surface area contributed by atoms with Crippen molar-refractivity contribution in [2.24, 2.45) is 7.05 Å². The van der Waals surface area contributed by atoms with Gasteiger partial charge in [-0.25, -0.2) is 4.98 Å². The van der Waals surface area contributed by atoms with Crippen LogP contribution < -0.4 is 10.2 Å². The molecule has 4 nitrogen and oxygen atoms in total. The van der Waals surface area contributed by atoms with Crippen molar-refractivity contribution in [2.75, 3.05) is 19.0 Å². The Hall–Kier alpha value is -1.81. The summed E-state index contributed by atoms with van der Waals surface area (Å²) < 4.78 is 2.15. The topological polar surface area (TPSA) is 33.1 Å². The van der Waals surface area contributed by atoms with Gasteiger partial charge in [-0.3, -0.25) is 0 Å². The number of anilines is 1. The zero-order valence-corrected chi connectivity index (χ0v) is 12.4. The van der Waals surface area contributed by atoms with Gasteiger partial charge in [0.05, 0.1) is 11.9 Å². The van der Waals surface area contributed by atoms with Crippen LogP contribution in [0.3, 0.4) is 0 Å². The van der Waals surface area contributed by atoms with Crippen LogP contribution in [0.2, 0.25) is 0 Å². The SMILES string of the molecule is CN(C)c1ncc(CNC2CC2c2ccccc2)n1C. The lowest BCUT2D eigenvalue weighted by atomic mass is 10.1. The number of imidazole rings is 1. The lowest BCUT2D eigenvalue weighted by Gasteiger charge is -2.13. The summed E-state index contributed by atoms with van der Waals surface area (Å²) in [5, 5.41) is 3.64. The summed E-state index contributed by atoms with van der Waals surface area (Å²) in [6, 6.07) is 11.4. The smallest absolute Gasteiger partial charge is 0.204 e. The van der Waals surface area contributed by atoms with Gasteiger partial charge in [0, 0.05) is 39.6 Å². The van der Waals surface area contributed by atoms with Crippen LogP contribution in [0, 0.1) is 0 Å². The van der Waals surface area contributed by atoms with Crippen LogP contribution in [0.25, 0.3) is 0 Å². The van der Waals surface area contributed by atoms with E-state index in [1.165, 1.54) is 17.7 Å². The predicted molar refractivity (Wildman–Crippen MR) is 82.0 cm³/mol. The summed E-state index contributed by atoms with van der Waals surface area (Å²) >= 11 is 0.